The molecule has 0 aliphatic carbocycles. The zero-order valence-electron chi connectivity index (χ0n) is 9.71. The van der Waals surface area contributed by atoms with Crippen LogP contribution in [0.5, 0.6) is 0 Å². The fraction of sp³-hybridized carbons (Fsp3) is 0.182. The normalized spacial score (nSPS) is 11.0. The average molecular weight is 307 g/mol. The first-order chi connectivity index (χ1) is 8.74. The van der Waals surface area contributed by atoms with Gasteiger partial charge in [0, 0.05) is 23.4 Å². The summed E-state index contributed by atoms with van der Waals surface area (Å²) in [6, 6.07) is 3.83. The molecule has 1 N–H and O–H groups in total. The van der Waals surface area contributed by atoms with Crippen LogP contribution >= 0.6 is 15.9 Å². The number of nitrogens with zero attached hydrogens (tertiary/aromatic N) is 5. The minimum atomic E-state index is 0.559. The Morgan fingerprint density at radius 3 is 3.00 bits per heavy atom. The molecule has 18 heavy (non-hydrogen) atoms. The standard InChI is InChI=1S/C11H11BrN6/c1-2-17-7-9(5-13-17)14-11-15-10-4-3-8(12)6-18(10)16-11/h3-7H,2H2,1H3,(H,14,16). The van der Waals surface area contributed by atoms with E-state index in [1.807, 2.05) is 36.1 Å². The van der Waals surface area contributed by atoms with Crippen LogP contribution in [-0.2, 0) is 6.54 Å². The summed E-state index contributed by atoms with van der Waals surface area (Å²) in [5.74, 6) is 0.559. The molecule has 3 aromatic rings. The Hall–Kier alpha value is -1.89. The fourth-order valence-corrected chi connectivity index (χ4v) is 1.97. The summed E-state index contributed by atoms with van der Waals surface area (Å²) < 4.78 is 4.52. The van der Waals surface area contributed by atoms with E-state index in [2.05, 4.69) is 36.4 Å². The largest absolute Gasteiger partial charge is 0.320 e. The Balaban J connectivity index is 1.90. The number of fused-ring (bicyclic) bond motifs is 1. The topological polar surface area (TPSA) is 60.0 Å². The Morgan fingerprint density at radius 2 is 2.22 bits per heavy atom. The molecule has 0 aliphatic heterocycles. The third-order valence-electron chi connectivity index (χ3n) is 2.51. The van der Waals surface area contributed by atoms with Crippen LogP contribution in [0.2, 0.25) is 0 Å². The van der Waals surface area contributed by atoms with E-state index >= 15 is 0 Å². The number of hydrogen-bond acceptors (Lipinski definition) is 4. The van der Waals surface area contributed by atoms with Crippen molar-refractivity contribution >= 4 is 33.2 Å². The van der Waals surface area contributed by atoms with Crippen LogP contribution in [0, 0.1) is 0 Å². The molecule has 0 bridgehead atoms. The lowest BCUT2D eigenvalue weighted by atomic mass is 10.5. The number of anilines is 2. The lowest BCUT2D eigenvalue weighted by Crippen LogP contribution is -1.94. The molecule has 7 heteroatoms. The van der Waals surface area contributed by atoms with E-state index < -0.39 is 0 Å². The van der Waals surface area contributed by atoms with Gasteiger partial charge in [-0.2, -0.15) is 10.1 Å². The van der Waals surface area contributed by atoms with Crippen LogP contribution in [0.1, 0.15) is 6.92 Å². The second-order valence-corrected chi connectivity index (χ2v) is 4.71. The molecule has 0 saturated heterocycles. The quantitative estimate of drug-likeness (QED) is 0.807. The van der Waals surface area contributed by atoms with Gasteiger partial charge in [0.15, 0.2) is 5.65 Å². The molecule has 0 aliphatic rings. The maximum absolute atomic E-state index is 4.37. The Morgan fingerprint density at radius 1 is 1.33 bits per heavy atom. The number of hydrogen-bond donors (Lipinski definition) is 1. The number of nitrogens with one attached hydrogen (secondary N) is 1. The second-order valence-electron chi connectivity index (χ2n) is 3.80. The second kappa shape index (κ2) is 4.41. The van der Waals surface area contributed by atoms with Crippen molar-refractivity contribution in [1.29, 1.82) is 0 Å². The SMILES string of the molecule is CCn1cc(Nc2nc3ccc(Br)cn3n2)cn1. The smallest absolute Gasteiger partial charge is 0.247 e. The molecule has 92 valence electrons. The minimum absolute atomic E-state index is 0.559. The predicted octanol–water partition coefficient (Wildman–Crippen LogP) is 2.45. The van der Waals surface area contributed by atoms with Crippen LogP contribution in [0.15, 0.2) is 35.2 Å². The van der Waals surface area contributed by atoms with E-state index in [-0.39, 0.29) is 0 Å². The lowest BCUT2D eigenvalue weighted by molar-refractivity contribution is 0.660. The van der Waals surface area contributed by atoms with Gasteiger partial charge in [-0.3, -0.25) is 4.68 Å². The van der Waals surface area contributed by atoms with Gasteiger partial charge in [0.05, 0.1) is 11.9 Å². The van der Waals surface area contributed by atoms with Gasteiger partial charge in [0.25, 0.3) is 0 Å². The van der Waals surface area contributed by atoms with Gasteiger partial charge in [-0.25, -0.2) is 4.52 Å². The number of pyridine rings is 1. The summed E-state index contributed by atoms with van der Waals surface area (Å²) in [5.41, 5.74) is 1.68. The van der Waals surface area contributed by atoms with Crippen molar-refractivity contribution in [2.24, 2.45) is 0 Å². The third kappa shape index (κ3) is 2.08. The highest BCUT2D eigenvalue weighted by Crippen LogP contribution is 2.15. The summed E-state index contributed by atoms with van der Waals surface area (Å²) in [5, 5.41) is 11.6. The van der Waals surface area contributed by atoms with Gasteiger partial charge >= 0.3 is 0 Å². The van der Waals surface area contributed by atoms with Gasteiger partial charge in [0.1, 0.15) is 0 Å². The van der Waals surface area contributed by atoms with Gasteiger partial charge in [-0.15, -0.1) is 5.10 Å². The van der Waals surface area contributed by atoms with Gasteiger partial charge in [-0.05, 0) is 35.0 Å². The molecule has 6 nitrogen and oxygen atoms in total. The lowest BCUT2D eigenvalue weighted by Gasteiger charge is -1.95. The predicted molar refractivity (Wildman–Crippen MR) is 71.9 cm³/mol. The summed E-state index contributed by atoms with van der Waals surface area (Å²) in [7, 11) is 0. The van der Waals surface area contributed by atoms with Crippen molar-refractivity contribution in [1.82, 2.24) is 24.4 Å². The molecular formula is C11H11BrN6. The van der Waals surface area contributed by atoms with E-state index in [0.717, 1.165) is 22.4 Å². The molecule has 0 spiro atoms. The highest BCUT2D eigenvalue weighted by Gasteiger charge is 2.05. The van der Waals surface area contributed by atoms with Crippen LogP contribution in [-0.4, -0.2) is 24.4 Å². The molecule has 0 saturated carbocycles. The fourth-order valence-electron chi connectivity index (χ4n) is 1.64. The van der Waals surface area contributed by atoms with Crippen molar-refractivity contribution in [3.63, 3.8) is 0 Å². The van der Waals surface area contributed by atoms with E-state index in [9.17, 15) is 0 Å². The Bertz CT molecular complexity index is 686. The molecule has 0 fully saturated rings. The molecular weight excluding hydrogens is 296 g/mol. The highest BCUT2D eigenvalue weighted by molar-refractivity contribution is 9.10. The first-order valence-electron chi connectivity index (χ1n) is 5.56. The van der Waals surface area contributed by atoms with Crippen LogP contribution in [0.4, 0.5) is 11.6 Å². The van der Waals surface area contributed by atoms with Gasteiger partial charge in [0.2, 0.25) is 5.95 Å². The van der Waals surface area contributed by atoms with Gasteiger partial charge in [-0.1, -0.05) is 0 Å². The Kier molecular flexibility index (Phi) is 2.75. The molecule has 3 heterocycles. The molecule has 0 amide bonds. The van der Waals surface area contributed by atoms with Crippen molar-refractivity contribution in [3.8, 4) is 0 Å². The number of rotatable bonds is 3. The number of aromatic nitrogens is 5. The third-order valence-corrected chi connectivity index (χ3v) is 2.98. The van der Waals surface area contributed by atoms with E-state index in [4.69, 9.17) is 0 Å². The molecule has 0 atom stereocenters. The van der Waals surface area contributed by atoms with E-state index in [1.54, 1.807) is 10.7 Å². The van der Waals surface area contributed by atoms with Crippen molar-refractivity contribution < 1.29 is 0 Å². The Labute approximate surface area is 112 Å². The maximum atomic E-state index is 4.37. The molecule has 3 rings (SSSR count). The molecule has 3 aromatic heterocycles. The van der Waals surface area contributed by atoms with Gasteiger partial charge < -0.3 is 5.32 Å². The summed E-state index contributed by atoms with van der Waals surface area (Å²) >= 11 is 3.40. The highest BCUT2D eigenvalue weighted by atomic mass is 79.9. The minimum Gasteiger partial charge on any atom is -0.320 e. The van der Waals surface area contributed by atoms with Crippen molar-refractivity contribution in [2.75, 3.05) is 5.32 Å². The first-order valence-corrected chi connectivity index (χ1v) is 6.35. The monoisotopic (exact) mass is 306 g/mol. The first kappa shape index (κ1) is 11.2. The maximum Gasteiger partial charge on any atom is 0.247 e. The molecule has 0 unspecified atom stereocenters. The van der Waals surface area contributed by atoms with Crippen LogP contribution < -0.4 is 5.32 Å². The average Bonchev–Trinajstić information content (AvgIpc) is 2.95. The van der Waals surface area contributed by atoms with Crippen LogP contribution in [0.25, 0.3) is 5.65 Å². The zero-order valence-corrected chi connectivity index (χ0v) is 11.3. The summed E-state index contributed by atoms with van der Waals surface area (Å²) in [6.07, 6.45) is 5.54. The molecule has 0 radical (unpaired) electrons. The molecule has 0 aromatic carbocycles. The van der Waals surface area contributed by atoms with E-state index in [1.165, 1.54) is 0 Å². The van der Waals surface area contributed by atoms with Crippen LogP contribution in [0.3, 0.4) is 0 Å². The number of halogens is 1. The summed E-state index contributed by atoms with van der Waals surface area (Å²) in [6.45, 7) is 2.88. The van der Waals surface area contributed by atoms with E-state index in [0.29, 0.717) is 5.95 Å². The zero-order chi connectivity index (χ0) is 12.5. The summed E-state index contributed by atoms with van der Waals surface area (Å²) in [4.78, 5) is 4.37. The van der Waals surface area contributed by atoms with Crippen molar-refractivity contribution in [3.05, 3.63) is 35.2 Å². The number of aryl methyl sites for hydroxylation is 1. The van der Waals surface area contributed by atoms with Crippen molar-refractivity contribution in [2.45, 2.75) is 13.5 Å².